The van der Waals surface area contributed by atoms with Crippen molar-refractivity contribution in [2.75, 3.05) is 6.54 Å². The number of amides is 1. The highest BCUT2D eigenvalue weighted by atomic mass is 32.1. The number of carbonyl (C=O) groups is 1. The molecule has 0 saturated carbocycles. The zero-order valence-electron chi connectivity index (χ0n) is 11.2. The van der Waals surface area contributed by atoms with E-state index in [2.05, 4.69) is 35.9 Å². The molecule has 2 unspecified atom stereocenters. The van der Waals surface area contributed by atoms with E-state index in [0.717, 1.165) is 13.0 Å². The van der Waals surface area contributed by atoms with Crippen molar-refractivity contribution in [3.05, 3.63) is 21.9 Å². The Morgan fingerprint density at radius 3 is 3.22 bits per heavy atom. The maximum Gasteiger partial charge on any atom is 0.222 e. The lowest BCUT2D eigenvalue weighted by molar-refractivity contribution is -0.122. The number of hydrogen-bond acceptors (Lipinski definition) is 3. The molecule has 2 rings (SSSR count). The highest BCUT2D eigenvalue weighted by Crippen LogP contribution is 2.33. The van der Waals surface area contributed by atoms with Gasteiger partial charge in [-0.05, 0) is 49.7 Å². The summed E-state index contributed by atoms with van der Waals surface area (Å²) >= 11 is 1.81. The first kappa shape index (κ1) is 13.6. The summed E-state index contributed by atoms with van der Waals surface area (Å²) in [6.07, 6.45) is 3.99. The molecule has 0 bridgehead atoms. The molecular weight excluding hydrogens is 244 g/mol. The van der Waals surface area contributed by atoms with Crippen LogP contribution in [0.25, 0.3) is 0 Å². The lowest BCUT2D eigenvalue weighted by Gasteiger charge is -2.24. The van der Waals surface area contributed by atoms with Crippen molar-refractivity contribution in [3.63, 3.8) is 0 Å². The second-order valence-corrected chi connectivity index (χ2v) is 5.97. The summed E-state index contributed by atoms with van der Waals surface area (Å²) in [5.74, 6) is 0.160. The van der Waals surface area contributed by atoms with Gasteiger partial charge in [0.25, 0.3) is 0 Å². The predicted molar refractivity (Wildman–Crippen MR) is 75.9 cm³/mol. The van der Waals surface area contributed by atoms with Crippen LogP contribution in [-0.2, 0) is 11.2 Å². The van der Waals surface area contributed by atoms with Gasteiger partial charge in [-0.25, -0.2) is 0 Å². The standard InChI is InChI=1S/C14H22N2OS/c1-3-15-10(2)9-14(17)16-12-5-4-6-13-11(12)7-8-18-13/h7-8,10,12,15H,3-6,9H2,1-2H3,(H,16,17). The molecule has 0 aromatic carbocycles. The van der Waals surface area contributed by atoms with E-state index in [9.17, 15) is 4.79 Å². The van der Waals surface area contributed by atoms with Gasteiger partial charge in [0, 0.05) is 17.3 Å². The van der Waals surface area contributed by atoms with Crippen molar-refractivity contribution < 1.29 is 4.79 Å². The van der Waals surface area contributed by atoms with Crippen LogP contribution in [0, 0.1) is 0 Å². The Bertz CT molecular complexity index is 402. The van der Waals surface area contributed by atoms with Gasteiger partial charge in [0.05, 0.1) is 6.04 Å². The number of thiophene rings is 1. The SMILES string of the molecule is CCNC(C)CC(=O)NC1CCCc2sccc21. The van der Waals surface area contributed by atoms with E-state index in [1.165, 1.54) is 23.3 Å². The fourth-order valence-electron chi connectivity index (χ4n) is 2.59. The molecule has 0 saturated heterocycles. The quantitative estimate of drug-likeness (QED) is 0.860. The summed E-state index contributed by atoms with van der Waals surface area (Å²) in [5.41, 5.74) is 1.34. The first-order valence-electron chi connectivity index (χ1n) is 6.79. The van der Waals surface area contributed by atoms with Crippen LogP contribution < -0.4 is 10.6 Å². The third kappa shape index (κ3) is 3.33. The van der Waals surface area contributed by atoms with Crippen molar-refractivity contribution in [2.24, 2.45) is 0 Å². The Morgan fingerprint density at radius 1 is 1.61 bits per heavy atom. The van der Waals surface area contributed by atoms with E-state index in [0.29, 0.717) is 6.42 Å². The highest BCUT2D eigenvalue weighted by molar-refractivity contribution is 7.10. The van der Waals surface area contributed by atoms with Crippen LogP contribution in [0.1, 0.15) is 49.6 Å². The highest BCUT2D eigenvalue weighted by Gasteiger charge is 2.22. The molecule has 1 aromatic rings. The molecule has 4 heteroatoms. The molecule has 100 valence electrons. The van der Waals surface area contributed by atoms with E-state index < -0.39 is 0 Å². The zero-order chi connectivity index (χ0) is 13.0. The summed E-state index contributed by atoms with van der Waals surface area (Å²) in [4.78, 5) is 13.4. The van der Waals surface area contributed by atoms with Gasteiger partial charge in [0.15, 0.2) is 0 Å². The molecule has 3 nitrogen and oxygen atoms in total. The van der Waals surface area contributed by atoms with Gasteiger partial charge in [-0.1, -0.05) is 6.92 Å². The fourth-order valence-corrected chi connectivity index (χ4v) is 3.58. The van der Waals surface area contributed by atoms with E-state index in [1.807, 2.05) is 11.3 Å². The predicted octanol–water partition coefficient (Wildman–Crippen LogP) is 2.63. The Kier molecular flexibility index (Phi) is 4.78. The van der Waals surface area contributed by atoms with Crippen LogP contribution in [0.4, 0.5) is 0 Å². The van der Waals surface area contributed by atoms with Gasteiger partial charge >= 0.3 is 0 Å². The second kappa shape index (κ2) is 6.34. The molecule has 1 amide bonds. The van der Waals surface area contributed by atoms with Gasteiger partial charge in [-0.15, -0.1) is 11.3 Å². The van der Waals surface area contributed by atoms with Gasteiger partial charge in [-0.3, -0.25) is 4.79 Å². The maximum atomic E-state index is 12.0. The van der Waals surface area contributed by atoms with Gasteiger partial charge in [-0.2, -0.15) is 0 Å². The van der Waals surface area contributed by atoms with E-state index in [1.54, 1.807) is 0 Å². The van der Waals surface area contributed by atoms with Gasteiger partial charge in [0.1, 0.15) is 0 Å². The summed E-state index contributed by atoms with van der Waals surface area (Å²) in [5, 5.41) is 8.58. The molecule has 2 atom stereocenters. The second-order valence-electron chi connectivity index (χ2n) is 4.97. The molecule has 0 spiro atoms. The average Bonchev–Trinajstić information content (AvgIpc) is 2.78. The molecule has 0 fully saturated rings. The first-order chi connectivity index (χ1) is 8.70. The average molecular weight is 266 g/mol. The van der Waals surface area contributed by atoms with Crippen LogP contribution in [-0.4, -0.2) is 18.5 Å². The summed E-state index contributed by atoms with van der Waals surface area (Å²) in [7, 11) is 0. The first-order valence-corrected chi connectivity index (χ1v) is 7.67. The zero-order valence-corrected chi connectivity index (χ0v) is 12.0. The minimum Gasteiger partial charge on any atom is -0.349 e. The fraction of sp³-hybridized carbons (Fsp3) is 0.643. The van der Waals surface area contributed by atoms with Crippen LogP contribution >= 0.6 is 11.3 Å². The number of rotatable bonds is 5. The van der Waals surface area contributed by atoms with Crippen molar-refractivity contribution in [2.45, 2.75) is 51.6 Å². The van der Waals surface area contributed by atoms with E-state index in [4.69, 9.17) is 0 Å². The lowest BCUT2D eigenvalue weighted by Crippen LogP contribution is -2.36. The minimum atomic E-state index is 0.160. The summed E-state index contributed by atoms with van der Waals surface area (Å²) in [6.45, 7) is 5.03. The minimum absolute atomic E-state index is 0.160. The third-order valence-corrected chi connectivity index (χ3v) is 4.43. The molecular formula is C14H22N2OS. The lowest BCUT2D eigenvalue weighted by atomic mass is 9.94. The summed E-state index contributed by atoms with van der Waals surface area (Å²) < 4.78 is 0. The Morgan fingerprint density at radius 2 is 2.44 bits per heavy atom. The van der Waals surface area contributed by atoms with Crippen LogP contribution in [0.2, 0.25) is 0 Å². The topological polar surface area (TPSA) is 41.1 Å². The molecule has 2 N–H and O–H groups in total. The van der Waals surface area contributed by atoms with Crippen molar-refractivity contribution in [3.8, 4) is 0 Å². The molecule has 0 radical (unpaired) electrons. The molecule has 18 heavy (non-hydrogen) atoms. The normalized spacial score (nSPS) is 20.2. The Balaban J connectivity index is 1.89. The Labute approximate surface area is 113 Å². The smallest absolute Gasteiger partial charge is 0.222 e. The molecule has 1 aliphatic rings. The summed E-state index contributed by atoms with van der Waals surface area (Å²) in [6, 6.07) is 2.65. The number of nitrogens with one attached hydrogen (secondary N) is 2. The number of carbonyl (C=O) groups excluding carboxylic acids is 1. The molecule has 1 heterocycles. The van der Waals surface area contributed by atoms with Crippen LogP contribution in [0.5, 0.6) is 0 Å². The van der Waals surface area contributed by atoms with E-state index in [-0.39, 0.29) is 18.0 Å². The van der Waals surface area contributed by atoms with Crippen LogP contribution in [0.15, 0.2) is 11.4 Å². The maximum absolute atomic E-state index is 12.0. The van der Waals surface area contributed by atoms with Gasteiger partial charge in [0.2, 0.25) is 5.91 Å². The monoisotopic (exact) mass is 266 g/mol. The van der Waals surface area contributed by atoms with Crippen LogP contribution in [0.3, 0.4) is 0 Å². The molecule has 1 aliphatic carbocycles. The number of fused-ring (bicyclic) bond motifs is 1. The van der Waals surface area contributed by atoms with Crippen molar-refractivity contribution in [1.82, 2.24) is 10.6 Å². The Hall–Kier alpha value is -0.870. The van der Waals surface area contributed by atoms with Gasteiger partial charge < -0.3 is 10.6 Å². The third-order valence-electron chi connectivity index (χ3n) is 3.43. The largest absolute Gasteiger partial charge is 0.349 e. The van der Waals surface area contributed by atoms with Crippen molar-refractivity contribution in [1.29, 1.82) is 0 Å². The van der Waals surface area contributed by atoms with E-state index >= 15 is 0 Å². The molecule has 0 aliphatic heterocycles. The van der Waals surface area contributed by atoms with Crippen molar-refractivity contribution >= 4 is 17.2 Å². The molecule has 1 aromatic heterocycles. The number of aryl methyl sites for hydroxylation is 1. The number of hydrogen-bond donors (Lipinski definition) is 2.